The Morgan fingerprint density at radius 1 is 0.885 bits per heavy atom. The van der Waals surface area contributed by atoms with Gasteiger partial charge in [-0.1, -0.05) is 31.9 Å². The van der Waals surface area contributed by atoms with Crippen LogP contribution in [0, 0.1) is 0 Å². The molecule has 0 saturated carbocycles. The van der Waals surface area contributed by atoms with Crippen molar-refractivity contribution in [3.63, 3.8) is 0 Å². The van der Waals surface area contributed by atoms with E-state index in [1.165, 1.54) is 0 Å². The van der Waals surface area contributed by atoms with E-state index in [4.69, 9.17) is 4.74 Å². The maximum atomic E-state index is 12.2. The Balaban J connectivity index is 4.33. The molecule has 0 unspecified atom stereocenters. The normalized spacial score (nSPS) is 11.9. The Morgan fingerprint density at radius 3 is 2.00 bits per heavy atom. The maximum Gasteiger partial charge on any atom is 0.407 e. The first-order valence-corrected chi connectivity index (χ1v) is 10.3. The lowest BCUT2D eigenvalue weighted by molar-refractivity contribution is -0.128. The highest BCUT2D eigenvalue weighted by Gasteiger charge is 2.20. The van der Waals surface area contributed by atoms with Gasteiger partial charge in [0.1, 0.15) is 11.6 Å². The van der Waals surface area contributed by atoms with Gasteiger partial charge in [-0.05, 0) is 27.2 Å². The standard InChI is InChI=1S/C15H26Br2N4O5/c1-15(2,3)26-14(25)20-7-6-19-13(24)10(21-12(23)9-17)4-5-18-11(22)8-16/h10H,4-9H2,1-3H3,(H,18,22)(H,19,24)(H,20,25)(H,21,23)/t10-/m0/s1. The lowest BCUT2D eigenvalue weighted by Crippen LogP contribution is -2.50. The summed E-state index contributed by atoms with van der Waals surface area (Å²) in [5.41, 5.74) is -0.599. The highest BCUT2D eigenvalue weighted by Crippen LogP contribution is 2.06. The highest BCUT2D eigenvalue weighted by molar-refractivity contribution is 9.09. The molecule has 0 heterocycles. The average molecular weight is 502 g/mol. The van der Waals surface area contributed by atoms with Crippen molar-refractivity contribution in [2.24, 2.45) is 0 Å². The molecule has 0 radical (unpaired) electrons. The van der Waals surface area contributed by atoms with Gasteiger partial charge in [0.2, 0.25) is 17.7 Å². The van der Waals surface area contributed by atoms with Crippen LogP contribution in [0.1, 0.15) is 27.2 Å². The summed E-state index contributed by atoms with van der Waals surface area (Å²) < 4.78 is 5.08. The molecule has 0 rings (SSSR count). The third kappa shape index (κ3) is 12.9. The van der Waals surface area contributed by atoms with Crippen molar-refractivity contribution < 1.29 is 23.9 Å². The van der Waals surface area contributed by atoms with Crippen LogP contribution in [0.3, 0.4) is 0 Å². The molecule has 0 aromatic heterocycles. The largest absolute Gasteiger partial charge is 0.444 e. The van der Waals surface area contributed by atoms with E-state index in [1.807, 2.05) is 0 Å². The Kier molecular flexibility index (Phi) is 12.2. The van der Waals surface area contributed by atoms with E-state index >= 15 is 0 Å². The predicted molar refractivity (Wildman–Crippen MR) is 104 cm³/mol. The number of alkyl halides is 2. The molecule has 1 atom stereocenters. The average Bonchev–Trinajstić information content (AvgIpc) is 2.55. The van der Waals surface area contributed by atoms with E-state index in [2.05, 4.69) is 53.1 Å². The summed E-state index contributed by atoms with van der Waals surface area (Å²) in [6.45, 7) is 5.84. The van der Waals surface area contributed by atoms with Crippen molar-refractivity contribution in [3.05, 3.63) is 0 Å². The van der Waals surface area contributed by atoms with Crippen LogP contribution in [0.2, 0.25) is 0 Å². The summed E-state index contributed by atoms with van der Waals surface area (Å²) >= 11 is 6.04. The van der Waals surface area contributed by atoms with Crippen molar-refractivity contribution in [2.75, 3.05) is 30.3 Å². The van der Waals surface area contributed by atoms with Crippen LogP contribution in [0.15, 0.2) is 0 Å². The molecule has 0 aliphatic heterocycles. The minimum absolute atomic E-state index is 0.0603. The van der Waals surface area contributed by atoms with Gasteiger partial charge in [-0.2, -0.15) is 0 Å². The molecule has 26 heavy (non-hydrogen) atoms. The smallest absolute Gasteiger partial charge is 0.407 e. The number of rotatable bonds is 10. The second-order valence-electron chi connectivity index (χ2n) is 6.25. The summed E-state index contributed by atoms with van der Waals surface area (Å²) in [5.74, 6) is -0.959. The second kappa shape index (κ2) is 12.9. The van der Waals surface area contributed by atoms with E-state index in [1.54, 1.807) is 20.8 Å². The molecule has 0 aliphatic carbocycles. The topological polar surface area (TPSA) is 126 Å². The number of ether oxygens (including phenoxy) is 1. The fourth-order valence-electron chi connectivity index (χ4n) is 1.69. The number of hydrogen-bond donors (Lipinski definition) is 4. The Bertz CT molecular complexity index is 497. The van der Waals surface area contributed by atoms with E-state index < -0.39 is 23.6 Å². The van der Waals surface area contributed by atoms with Gasteiger partial charge in [0.15, 0.2) is 0 Å². The van der Waals surface area contributed by atoms with Crippen LogP contribution in [0.25, 0.3) is 0 Å². The zero-order valence-electron chi connectivity index (χ0n) is 15.1. The molecule has 9 nitrogen and oxygen atoms in total. The second-order valence-corrected chi connectivity index (χ2v) is 7.37. The molecule has 4 N–H and O–H groups in total. The third-order valence-electron chi connectivity index (χ3n) is 2.74. The van der Waals surface area contributed by atoms with Gasteiger partial charge >= 0.3 is 6.09 Å². The molecule has 150 valence electrons. The van der Waals surface area contributed by atoms with Crippen LogP contribution in [-0.4, -0.2) is 65.8 Å². The lowest BCUT2D eigenvalue weighted by atomic mass is 10.2. The number of carbonyl (C=O) groups is 4. The number of carbonyl (C=O) groups excluding carboxylic acids is 4. The molecule has 11 heteroatoms. The molecule has 0 aliphatic rings. The monoisotopic (exact) mass is 500 g/mol. The van der Waals surface area contributed by atoms with Crippen molar-refractivity contribution >= 4 is 55.7 Å². The van der Waals surface area contributed by atoms with Gasteiger partial charge in [-0.3, -0.25) is 14.4 Å². The lowest BCUT2D eigenvalue weighted by Gasteiger charge is -2.20. The summed E-state index contributed by atoms with van der Waals surface area (Å²) in [6, 6.07) is -0.794. The fraction of sp³-hybridized carbons (Fsp3) is 0.733. The minimum atomic E-state index is -0.794. The number of nitrogens with one attached hydrogen (secondary N) is 4. The molecule has 0 spiro atoms. The quantitative estimate of drug-likeness (QED) is 0.255. The molecule has 0 aromatic carbocycles. The third-order valence-corrected chi connectivity index (χ3v) is 3.76. The summed E-state index contributed by atoms with van der Waals surface area (Å²) in [5, 5.41) is 10.5. The van der Waals surface area contributed by atoms with Crippen molar-refractivity contribution in [1.29, 1.82) is 0 Å². The minimum Gasteiger partial charge on any atom is -0.444 e. The molecule has 0 saturated heterocycles. The van der Waals surface area contributed by atoms with Crippen LogP contribution in [0.4, 0.5) is 4.79 Å². The van der Waals surface area contributed by atoms with E-state index in [0.29, 0.717) is 0 Å². The molecular weight excluding hydrogens is 476 g/mol. The van der Waals surface area contributed by atoms with E-state index in [9.17, 15) is 19.2 Å². The van der Waals surface area contributed by atoms with Crippen LogP contribution < -0.4 is 21.3 Å². The van der Waals surface area contributed by atoms with Crippen molar-refractivity contribution in [2.45, 2.75) is 38.8 Å². The number of alkyl carbamates (subject to hydrolysis) is 1. The number of halogens is 2. The fourth-order valence-corrected chi connectivity index (χ4v) is 2.05. The van der Waals surface area contributed by atoms with Crippen LogP contribution in [0.5, 0.6) is 0 Å². The van der Waals surface area contributed by atoms with E-state index in [0.717, 1.165) is 0 Å². The highest BCUT2D eigenvalue weighted by atomic mass is 79.9. The molecule has 0 aromatic rings. The first-order chi connectivity index (χ1) is 12.1. The summed E-state index contributed by atoms with van der Waals surface area (Å²) in [6.07, 6.45) is -0.337. The SMILES string of the molecule is CC(C)(C)OC(=O)NCCNC(=O)[C@H](CCNC(=O)CBr)NC(=O)CBr. The number of amides is 4. The Morgan fingerprint density at radius 2 is 1.46 bits per heavy atom. The van der Waals surface area contributed by atoms with Gasteiger partial charge in [0, 0.05) is 19.6 Å². The van der Waals surface area contributed by atoms with Crippen LogP contribution >= 0.6 is 31.9 Å². The van der Waals surface area contributed by atoms with Crippen molar-refractivity contribution in [1.82, 2.24) is 21.3 Å². The maximum absolute atomic E-state index is 12.2. The molecule has 0 fully saturated rings. The van der Waals surface area contributed by atoms with Crippen LogP contribution in [-0.2, 0) is 19.1 Å². The van der Waals surface area contributed by atoms with E-state index in [-0.39, 0.29) is 48.5 Å². The molecular formula is C15H26Br2N4O5. The van der Waals surface area contributed by atoms with Gasteiger partial charge in [-0.25, -0.2) is 4.79 Å². The molecule has 0 bridgehead atoms. The number of hydrogen-bond acceptors (Lipinski definition) is 5. The molecule has 4 amide bonds. The predicted octanol–water partition coefficient (Wildman–Crippen LogP) is 0.408. The van der Waals surface area contributed by atoms with Gasteiger partial charge < -0.3 is 26.0 Å². The zero-order chi connectivity index (χ0) is 20.2. The summed E-state index contributed by atoms with van der Waals surface area (Å²) in [4.78, 5) is 46.4. The van der Waals surface area contributed by atoms with Gasteiger partial charge in [-0.15, -0.1) is 0 Å². The van der Waals surface area contributed by atoms with Gasteiger partial charge in [0.25, 0.3) is 0 Å². The summed E-state index contributed by atoms with van der Waals surface area (Å²) in [7, 11) is 0. The Hall–Kier alpha value is -1.36. The first kappa shape index (κ1) is 24.6. The van der Waals surface area contributed by atoms with Crippen molar-refractivity contribution in [3.8, 4) is 0 Å². The Labute approximate surface area is 170 Å². The van der Waals surface area contributed by atoms with Gasteiger partial charge in [0.05, 0.1) is 10.7 Å². The zero-order valence-corrected chi connectivity index (χ0v) is 18.3. The first-order valence-electron chi connectivity index (χ1n) is 8.01.